The summed E-state index contributed by atoms with van der Waals surface area (Å²) in [4.78, 5) is 31.6. The summed E-state index contributed by atoms with van der Waals surface area (Å²) >= 11 is 0. The van der Waals surface area contributed by atoms with Gasteiger partial charge in [0.05, 0.1) is 17.7 Å². The molecule has 0 radical (unpaired) electrons. The van der Waals surface area contributed by atoms with Crippen LogP contribution in [-0.4, -0.2) is 34.8 Å². The van der Waals surface area contributed by atoms with Gasteiger partial charge in [-0.2, -0.15) is 0 Å². The number of likely N-dealkylation sites (tertiary alicyclic amines) is 1. The summed E-state index contributed by atoms with van der Waals surface area (Å²) in [5, 5.41) is 2.96. The summed E-state index contributed by atoms with van der Waals surface area (Å²) in [5.74, 6) is 0.281. The van der Waals surface area contributed by atoms with E-state index in [0.29, 0.717) is 24.4 Å². The molecule has 0 saturated carbocycles. The number of carbonyl (C=O) groups is 2. The van der Waals surface area contributed by atoms with E-state index in [1.54, 1.807) is 35.7 Å². The average molecular weight is 389 g/mol. The van der Waals surface area contributed by atoms with Gasteiger partial charge in [0.15, 0.2) is 0 Å². The molecule has 0 bridgehead atoms. The van der Waals surface area contributed by atoms with Gasteiger partial charge in [0.25, 0.3) is 5.91 Å². The second-order valence-electron chi connectivity index (χ2n) is 7.39. The van der Waals surface area contributed by atoms with Crippen LogP contribution >= 0.6 is 0 Å². The zero-order valence-corrected chi connectivity index (χ0v) is 16.3. The van der Waals surface area contributed by atoms with Crippen LogP contribution in [0.1, 0.15) is 28.8 Å². The number of aryl methyl sites for hydroxylation is 1. The topological polar surface area (TPSA) is 75.4 Å². The standard InChI is InChI=1S/C23H23N3O3/c1-16-6-8-20(9-7-16)25-22(27)17-4-2-10-26(15-17)23(28)19-12-18(13-24-14-19)21-5-3-11-29-21/h3,5-9,11-14,17H,2,4,10,15H2,1H3,(H,25,27). The van der Waals surface area contributed by atoms with E-state index in [-0.39, 0.29) is 17.7 Å². The number of rotatable bonds is 4. The van der Waals surface area contributed by atoms with Crippen LogP contribution < -0.4 is 5.32 Å². The van der Waals surface area contributed by atoms with Crippen LogP contribution in [0.25, 0.3) is 11.3 Å². The smallest absolute Gasteiger partial charge is 0.255 e. The predicted octanol–water partition coefficient (Wildman–Crippen LogP) is 4.14. The van der Waals surface area contributed by atoms with Crippen LogP contribution in [0.5, 0.6) is 0 Å². The third-order valence-electron chi connectivity index (χ3n) is 5.19. The number of nitrogens with zero attached hydrogens (tertiary/aromatic N) is 2. The molecule has 4 rings (SSSR count). The van der Waals surface area contributed by atoms with E-state index in [4.69, 9.17) is 4.42 Å². The number of nitrogens with one attached hydrogen (secondary N) is 1. The van der Waals surface area contributed by atoms with Crippen LogP contribution in [0.2, 0.25) is 0 Å². The van der Waals surface area contributed by atoms with Crippen LogP contribution in [-0.2, 0) is 4.79 Å². The number of amides is 2. The van der Waals surface area contributed by atoms with Crippen molar-refractivity contribution in [3.05, 3.63) is 72.2 Å². The average Bonchev–Trinajstić information content (AvgIpc) is 3.30. The summed E-state index contributed by atoms with van der Waals surface area (Å²) in [5.41, 5.74) is 3.17. The fourth-order valence-corrected chi connectivity index (χ4v) is 3.57. The highest BCUT2D eigenvalue weighted by atomic mass is 16.3. The molecule has 6 heteroatoms. The minimum Gasteiger partial charge on any atom is -0.464 e. The van der Waals surface area contributed by atoms with E-state index < -0.39 is 0 Å². The van der Waals surface area contributed by atoms with Gasteiger partial charge >= 0.3 is 0 Å². The van der Waals surface area contributed by atoms with Crippen molar-refractivity contribution in [2.24, 2.45) is 5.92 Å². The molecule has 1 atom stereocenters. The molecule has 1 fully saturated rings. The first kappa shape index (κ1) is 18.9. The molecule has 1 saturated heterocycles. The molecule has 1 unspecified atom stereocenters. The largest absolute Gasteiger partial charge is 0.464 e. The summed E-state index contributed by atoms with van der Waals surface area (Å²) in [7, 11) is 0. The van der Waals surface area contributed by atoms with E-state index in [1.807, 2.05) is 37.3 Å². The minimum absolute atomic E-state index is 0.0474. The second kappa shape index (κ2) is 8.31. The molecule has 3 aromatic rings. The van der Waals surface area contributed by atoms with Gasteiger partial charge in [0.2, 0.25) is 5.91 Å². The fourth-order valence-electron chi connectivity index (χ4n) is 3.57. The van der Waals surface area contributed by atoms with Gasteiger partial charge in [-0.15, -0.1) is 0 Å². The Morgan fingerprint density at radius 3 is 2.76 bits per heavy atom. The zero-order valence-electron chi connectivity index (χ0n) is 16.3. The molecule has 0 aliphatic carbocycles. The molecule has 1 aromatic carbocycles. The third-order valence-corrected chi connectivity index (χ3v) is 5.19. The molecule has 0 spiro atoms. The van der Waals surface area contributed by atoms with Crippen LogP contribution in [0.3, 0.4) is 0 Å². The molecular formula is C23H23N3O3. The Bertz CT molecular complexity index is 996. The normalized spacial score (nSPS) is 16.4. The first-order valence-electron chi connectivity index (χ1n) is 9.76. The number of pyridine rings is 1. The van der Waals surface area contributed by atoms with Gasteiger partial charge in [0, 0.05) is 36.7 Å². The summed E-state index contributed by atoms with van der Waals surface area (Å²) < 4.78 is 5.39. The summed E-state index contributed by atoms with van der Waals surface area (Å²) in [6, 6.07) is 13.1. The monoisotopic (exact) mass is 389 g/mol. The van der Waals surface area contributed by atoms with Crippen LogP contribution in [0.4, 0.5) is 5.69 Å². The van der Waals surface area contributed by atoms with Gasteiger partial charge in [-0.05, 0) is 50.1 Å². The lowest BCUT2D eigenvalue weighted by Gasteiger charge is -2.32. The third kappa shape index (κ3) is 4.37. The van der Waals surface area contributed by atoms with Gasteiger partial charge < -0.3 is 14.6 Å². The van der Waals surface area contributed by atoms with Crippen LogP contribution in [0.15, 0.2) is 65.5 Å². The van der Waals surface area contributed by atoms with Gasteiger partial charge in [-0.3, -0.25) is 14.6 Å². The zero-order chi connectivity index (χ0) is 20.2. The first-order chi connectivity index (χ1) is 14.1. The number of piperidine rings is 1. The van der Waals surface area contributed by atoms with Crippen molar-refractivity contribution in [1.29, 1.82) is 0 Å². The van der Waals surface area contributed by atoms with Crippen molar-refractivity contribution in [2.45, 2.75) is 19.8 Å². The van der Waals surface area contributed by atoms with Crippen molar-refractivity contribution in [1.82, 2.24) is 9.88 Å². The predicted molar refractivity (Wildman–Crippen MR) is 110 cm³/mol. The Morgan fingerprint density at radius 2 is 2.00 bits per heavy atom. The highest BCUT2D eigenvalue weighted by molar-refractivity contribution is 5.96. The Balaban J connectivity index is 1.44. The van der Waals surface area contributed by atoms with Crippen LogP contribution in [0, 0.1) is 12.8 Å². The Hall–Kier alpha value is -3.41. The highest BCUT2D eigenvalue weighted by Crippen LogP contribution is 2.23. The maximum absolute atomic E-state index is 13.0. The van der Waals surface area contributed by atoms with E-state index in [2.05, 4.69) is 10.3 Å². The van der Waals surface area contributed by atoms with Crippen molar-refractivity contribution >= 4 is 17.5 Å². The maximum Gasteiger partial charge on any atom is 0.255 e. The van der Waals surface area contributed by atoms with E-state index in [9.17, 15) is 9.59 Å². The number of aromatic nitrogens is 1. The minimum atomic E-state index is -0.227. The van der Waals surface area contributed by atoms with E-state index >= 15 is 0 Å². The SMILES string of the molecule is Cc1ccc(NC(=O)C2CCCN(C(=O)c3cncc(-c4ccco4)c3)C2)cc1. The number of carbonyl (C=O) groups excluding carboxylic acids is 2. The van der Waals surface area contributed by atoms with Crippen molar-refractivity contribution < 1.29 is 14.0 Å². The van der Waals surface area contributed by atoms with Crippen molar-refractivity contribution in [2.75, 3.05) is 18.4 Å². The van der Waals surface area contributed by atoms with Crippen molar-refractivity contribution in [3.8, 4) is 11.3 Å². The number of hydrogen-bond acceptors (Lipinski definition) is 4. The second-order valence-corrected chi connectivity index (χ2v) is 7.39. The lowest BCUT2D eigenvalue weighted by atomic mass is 9.96. The molecule has 1 N–H and O–H groups in total. The Labute approximate surface area is 169 Å². The van der Waals surface area contributed by atoms with Gasteiger partial charge in [0.1, 0.15) is 5.76 Å². The molecule has 2 amide bonds. The Morgan fingerprint density at radius 1 is 1.17 bits per heavy atom. The van der Waals surface area contributed by atoms with Gasteiger partial charge in [-0.25, -0.2) is 0 Å². The molecule has 1 aliphatic heterocycles. The molecule has 2 aromatic heterocycles. The molecular weight excluding hydrogens is 366 g/mol. The maximum atomic E-state index is 13.0. The number of furan rings is 1. The summed E-state index contributed by atoms with van der Waals surface area (Å²) in [6.07, 6.45) is 6.38. The van der Waals surface area contributed by atoms with Gasteiger partial charge in [-0.1, -0.05) is 17.7 Å². The molecule has 3 heterocycles. The molecule has 148 valence electrons. The van der Waals surface area contributed by atoms with E-state index in [0.717, 1.165) is 29.7 Å². The van der Waals surface area contributed by atoms with Crippen molar-refractivity contribution in [3.63, 3.8) is 0 Å². The molecule has 1 aliphatic rings. The van der Waals surface area contributed by atoms with E-state index in [1.165, 1.54) is 0 Å². The lowest BCUT2D eigenvalue weighted by Crippen LogP contribution is -2.43. The molecule has 29 heavy (non-hydrogen) atoms. The Kier molecular flexibility index (Phi) is 5.42. The number of benzene rings is 1. The lowest BCUT2D eigenvalue weighted by molar-refractivity contribution is -0.121. The highest BCUT2D eigenvalue weighted by Gasteiger charge is 2.29. The summed E-state index contributed by atoms with van der Waals surface area (Å²) in [6.45, 7) is 3.05. The quantitative estimate of drug-likeness (QED) is 0.728. The number of anilines is 1. The fraction of sp³-hybridized carbons (Fsp3) is 0.261. The molecule has 6 nitrogen and oxygen atoms in total. The first-order valence-corrected chi connectivity index (χ1v) is 9.76. The number of hydrogen-bond donors (Lipinski definition) is 1.